The van der Waals surface area contributed by atoms with Gasteiger partial charge in [0.05, 0.1) is 0 Å². The first kappa shape index (κ1) is 20.7. The Morgan fingerprint density at radius 2 is 1.42 bits per heavy atom. The molecule has 0 atom stereocenters. The van der Waals surface area contributed by atoms with Crippen LogP contribution in [0.4, 0.5) is 11.4 Å². The van der Waals surface area contributed by atoms with Crippen molar-refractivity contribution < 1.29 is 9.59 Å². The summed E-state index contributed by atoms with van der Waals surface area (Å²) in [6, 6.07) is 23.0. The fraction of sp³-hybridized carbons (Fsp3) is 0.231. The lowest BCUT2D eigenvalue weighted by molar-refractivity contribution is 0.0746. The zero-order valence-electron chi connectivity index (χ0n) is 18.0. The Kier molecular flexibility index (Phi) is 6.03. The fourth-order valence-electron chi connectivity index (χ4n) is 3.77. The molecule has 158 valence electrons. The Morgan fingerprint density at radius 3 is 2.06 bits per heavy atom. The van der Waals surface area contributed by atoms with E-state index in [1.165, 1.54) is 5.56 Å². The van der Waals surface area contributed by atoms with Crippen molar-refractivity contribution >= 4 is 23.2 Å². The van der Waals surface area contributed by atoms with Crippen molar-refractivity contribution in [3.63, 3.8) is 0 Å². The number of amides is 2. The molecule has 0 unspecified atom stereocenters. The van der Waals surface area contributed by atoms with E-state index in [0.29, 0.717) is 18.7 Å². The third-order valence-corrected chi connectivity index (χ3v) is 5.85. The molecule has 1 aliphatic heterocycles. The number of rotatable bonds is 4. The van der Waals surface area contributed by atoms with Crippen LogP contribution in [0.2, 0.25) is 0 Å². The Bertz CT molecular complexity index is 1070. The number of nitrogens with one attached hydrogen (secondary N) is 1. The van der Waals surface area contributed by atoms with Gasteiger partial charge in [0.1, 0.15) is 0 Å². The van der Waals surface area contributed by atoms with E-state index in [0.717, 1.165) is 35.6 Å². The second kappa shape index (κ2) is 9.04. The van der Waals surface area contributed by atoms with E-state index in [1.807, 2.05) is 91.5 Å². The highest BCUT2D eigenvalue weighted by molar-refractivity contribution is 6.04. The lowest BCUT2D eigenvalue weighted by Crippen LogP contribution is -2.48. The maximum Gasteiger partial charge on any atom is 0.255 e. The molecule has 0 bridgehead atoms. The minimum absolute atomic E-state index is 0.0876. The molecule has 1 aliphatic rings. The molecule has 0 aliphatic carbocycles. The van der Waals surface area contributed by atoms with Gasteiger partial charge >= 0.3 is 0 Å². The van der Waals surface area contributed by atoms with Crippen LogP contribution >= 0.6 is 0 Å². The van der Waals surface area contributed by atoms with Crippen molar-refractivity contribution in [3.8, 4) is 0 Å². The van der Waals surface area contributed by atoms with Gasteiger partial charge in [-0.1, -0.05) is 24.3 Å². The number of anilines is 2. The maximum atomic E-state index is 12.6. The maximum absolute atomic E-state index is 12.6. The number of hydrogen-bond donors (Lipinski definition) is 1. The van der Waals surface area contributed by atoms with Gasteiger partial charge in [-0.2, -0.15) is 0 Å². The predicted molar refractivity (Wildman–Crippen MR) is 125 cm³/mol. The number of nitrogens with zero attached hydrogens (tertiary/aromatic N) is 2. The van der Waals surface area contributed by atoms with Crippen LogP contribution in [0.5, 0.6) is 0 Å². The molecule has 2 amide bonds. The highest BCUT2D eigenvalue weighted by Crippen LogP contribution is 2.21. The van der Waals surface area contributed by atoms with Gasteiger partial charge in [0.15, 0.2) is 0 Å². The monoisotopic (exact) mass is 413 g/mol. The lowest BCUT2D eigenvalue weighted by Gasteiger charge is -2.36. The van der Waals surface area contributed by atoms with E-state index in [1.54, 1.807) is 0 Å². The zero-order valence-corrected chi connectivity index (χ0v) is 18.0. The van der Waals surface area contributed by atoms with Gasteiger partial charge in [-0.25, -0.2) is 0 Å². The number of hydrogen-bond acceptors (Lipinski definition) is 3. The summed E-state index contributed by atoms with van der Waals surface area (Å²) in [5.41, 5.74) is 5.53. The molecule has 0 saturated carbocycles. The average Bonchev–Trinajstić information content (AvgIpc) is 2.81. The highest BCUT2D eigenvalue weighted by atomic mass is 16.2. The second-order valence-corrected chi connectivity index (χ2v) is 7.95. The predicted octanol–water partition coefficient (Wildman–Crippen LogP) is 4.52. The Labute approximate surface area is 183 Å². The number of aryl methyl sites for hydroxylation is 2. The summed E-state index contributed by atoms with van der Waals surface area (Å²) < 4.78 is 0. The van der Waals surface area contributed by atoms with Gasteiger partial charge in [0.25, 0.3) is 11.8 Å². The largest absolute Gasteiger partial charge is 0.368 e. The number of piperazine rings is 1. The van der Waals surface area contributed by atoms with E-state index in [9.17, 15) is 9.59 Å². The van der Waals surface area contributed by atoms with Crippen LogP contribution in [-0.4, -0.2) is 42.9 Å². The summed E-state index contributed by atoms with van der Waals surface area (Å²) in [6.07, 6.45) is 0. The molecule has 3 aromatic rings. The molecule has 1 heterocycles. The first-order chi connectivity index (χ1) is 15.0. The van der Waals surface area contributed by atoms with Crippen molar-refractivity contribution in [2.45, 2.75) is 13.8 Å². The summed E-state index contributed by atoms with van der Waals surface area (Å²) >= 11 is 0. The van der Waals surface area contributed by atoms with E-state index < -0.39 is 0 Å². The Balaban J connectivity index is 1.34. The molecule has 0 spiro atoms. The number of carbonyl (C=O) groups excluding carboxylic acids is 2. The van der Waals surface area contributed by atoms with Crippen LogP contribution in [0.1, 0.15) is 31.8 Å². The van der Waals surface area contributed by atoms with Crippen LogP contribution < -0.4 is 10.2 Å². The first-order valence-electron chi connectivity index (χ1n) is 10.6. The summed E-state index contributed by atoms with van der Waals surface area (Å²) in [6.45, 7) is 7.00. The van der Waals surface area contributed by atoms with E-state index in [2.05, 4.69) is 10.2 Å². The van der Waals surface area contributed by atoms with Gasteiger partial charge in [-0.05, 0) is 73.5 Å². The summed E-state index contributed by atoms with van der Waals surface area (Å²) in [5, 5.41) is 2.96. The molecule has 0 radical (unpaired) electrons. The van der Waals surface area contributed by atoms with Gasteiger partial charge in [-0.3, -0.25) is 9.59 Å². The zero-order chi connectivity index (χ0) is 21.8. The van der Waals surface area contributed by atoms with E-state index in [-0.39, 0.29) is 11.8 Å². The molecule has 3 aromatic carbocycles. The third kappa shape index (κ3) is 4.77. The second-order valence-electron chi connectivity index (χ2n) is 7.95. The van der Waals surface area contributed by atoms with Crippen molar-refractivity contribution in [1.29, 1.82) is 0 Å². The normalized spacial score (nSPS) is 13.7. The van der Waals surface area contributed by atoms with E-state index >= 15 is 0 Å². The van der Waals surface area contributed by atoms with Gasteiger partial charge in [-0.15, -0.1) is 0 Å². The minimum Gasteiger partial charge on any atom is -0.368 e. The fourth-order valence-corrected chi connectivity index (χ4v) is 3.77. The quantitative estimate of drug-likeness (QED) is 0.684. The molecular weight excluding hydrogens is 386 g/mol. The van der Waals surface area contributed by atoms with E-state index in [4.69, 9.17) is 0 Å². The summed E-state index contributed by atoms with van der Waals surface area (Å²) in [4.78, 5) is 29.3. The summed E-state index contributed by atoms with van der Waals surface area (Å²) in [5.74, 6) is -0.0199. The summed E-state index contributed by atoms with van der Waals surface area (Å²) in [7, 11) is 0. The number of benzene rings is 3. The number of carbonyl (C=O) groups is 2. The van der Waals surface area contributed by atoms with Crippen molar-refractivity contribution in [2.75, 3.05) is 36.4 Å². The van der Waals surface area contributed by atoms with Gasteiger partial charge in [0.2, 0.25) is 0 Å². The van der Waals surface area contributed by atoms with Crippen LogP contribution in [0.3, 0.4) is 0 Å². The molecular formula is C26H27N3O2. The molecule has 1 saturated heterocycles. The molecule has 0 aromatic heterocycles. The minimum atomic E-state index is -0.108. The average molecular weight is 414 g/mol. The highest BCUT2D eigenvalue weighted by Gasteiger charge is 2.22. The van der Waals surface area contributed by atoms with Crippen molar-refractivity contribution in [3.05, 3.63) is 95.1 Å². The van der Waals surface area contributed by atoms with Crippen LogP contribution in [0.25, 0.3) is 0 Å². The third-order valence-electron chi connectivity index (χ3n) is 5.85. The standard InChI is InChI=1S/C26H27N3O2/c1-19-8-9-22(18-20(19)2)25(30)27-23-10-12-24(13-11-23)28-14-16-29(17-15-28)26(31)21-6-4-3-5-7-21/h3-13,18H,14-17H2,1-2H3,(H,27,30). The molecule has 5 heteroatoms. The SMILES string of the molecule is Cc1ccc(C(=O)Nc2ccc(N3CCN(C(=O)c4ccccc4)CC3)cc2)cc1C. The first-order valence-corrected chi connectivity index (χ1v) is 10.6. The van der Waals surface area contributed by atoms with Gasteiger partial charge < -0.3 is 15.1 Å². The molecule has 1 fully saturated rings. The molecule has 31 heavy (non-hydrogen) atoms. The smallest absolute Gasteiger partial charge is 0.255 e. The molecule has 4 rings (SSSR count). The topological polar surface area (TPSA) is 52.7 Å². The molecule has 5 nitrogen and oxygen atoms in total. The molecule has 1 N–H and O–H groups in total. The van der Waals surface area contributed by atoms with Crippen LogP contribution in [0, 0.1) is 13.8 Å². The Hall–Kier alpha value is -3.60. The Morgan fingerprint density at radius 1 is 0.742 bits per heavy atom. The van der Waals surface area contributed by atoms with Crippen LogP contribution in [0.15, 0.2) is 72.8 Å². The van der Waals surface area contributed by atoms with Crippen molar-refractivity contribution in [2.24, 2.45) is 0 Å². The van der Waals surface area contributed by atoms with Gasteiger partial charge in [0, 0.05) is 48.7 Å². The lowest BCUT2D eigenvalue weighted by atomic mass is 10.1. The van der Waals surface area contributed by atoms with Crippen LogP contribution in [-0.2, 0) is 0 Å². The van der Waals surface area contributed by atoms with Crippen molar-refractivity contribution in [1.82, 2.24) is 4.90 Å².